The maximum atomic E-state index is 7.57. The summed E-state index contributed by atoms with van der Waals surface area (Å²) in [6.45, 7) is 10.3. The molecule has 0 radical (unpaired) electrons. The summed E-state index contributed by atoms with van der Waals surface area (Å²) in [6, 6.07) is 8.55. The summed E-state index contributed by atoms with van der Waals surface area (Å²) in [5, 5.41) is 22.7. The van der Waals surface area contributed by atoms with Crippen molar-refractivity contribution in [3.8, 4) is 0 Å². The van der Waals surface area contributed by atoms with Crippen LogP contribution in [-0.4, -0.2) is 35.1 Å². The van der Waals surface area contributed by atoms with Crippen LogP contribution < -0.4 is 0 Å². The quantitative estimate of drug-likeness (QED) is 0.492. The summed E-state index contributed by atoms with van der Waals surface area (Å²) in [4.78, 5) is 0. The van der Waals surface area contributed by atoms with Crippen molar-refractivity contribution >= 4 is 0 Å². The van der Waals surface area contributed by atoms with E-state index in [0.29, 0.717) is 0 Å². The summed E-state index contributed by atoms with van der Waals surface area (Å²) in [6.07, 6.45) is 1.22. The van der Waals surface area contributed by atoms with Crippen LogP contribution in [0, 0.1) is 5.92 Å². The largest absolute Gasteiger partial charge is 0.397 e. The Morgan fingerprint density at radius 2 is 1.11 bits per heavy atom. The molecule has 19 heavy (non-hydrogen) atoms. The SMILES string of the molecule is CC(C)C[c-]1cccc1.CCO.CCO.CCO.[Hf]. The van der Waals surface area contributed by atoms with E-state index in [2.05, 4.69) is 38.1 Å². The first-order valence-corrected chi connectivity index (χ1v) is 6.56. The zero-order valence-corrected chi connectivity index (χ0v) is 16.6. The van der Waals surface area contributed by atoms with Crippen LogP contribution >= 0.6 is 0 Å². The fraction of sp³-hybridized carbons (Fsp3) is 0.667. The standard InChI is InChI=1S/C9H13.3C2H6O.Hf/c1-8(2)7-9-5-3-4-6-9;3*1-2-3;/h3-6,8H,7H2,1-2H3;3*3H,2H2,1H3;/q-1;;;;. The smallest absolute Gasteiger partial charge is 0.0402 e. The Kier molecular flexibility index (Phi) is 38.5. The maximum absolute atomic E-state index is 7.57. The average molecular weight is 438 g/mol. The molecule has 1 rings (SSSR count). The molecule has 114 valence electrons. The van der Waals surface area contributed by atoms with Gasteiger partial charge in [-0.25, -0.2) is 12.1 Å². The molecule has 0 fully saturated rings. The topological polar surface area (TPSA) is 60.7 Å². The van der Waals surface area contributed by atoms with Crippen LogP contribution in [0.4, 0.5) is 0 Å². The van der Waals surface area contributed by atoms with Crippen LogP contribution in [0.15, 0.2) is 24.3 Å². The van der Waals surface area contributed by atoms with Crippen LogP contribution in [0.25, 0.3) is 0 Å². The minimum Gasteiger partial charge on any atom is -0.397 e. The Morgan fingerprint density at radius 1 is 0.842 bits per heavy atom. The van der Waals surface area contributed by atoms with Crippen LogP contribution in [0.5, 0.6) is 0 Å². The molecule has 0 unspecified atom stereocenters. The van der Waals surface area contributed by atoms with Crippen LogP contribution in [0.2, 0.25) is 0 Å². The molecule has 0 atom stereocenters. The van der Waals surface area contributed by atoms with Gasteiger partial charge in [0.15, 0.2) is 0 Å². The second kappa shape index (κ2) is 26.6. The van der Waals surface area contributed by atoms with Crippen molar-refractivity contribution in [2.45, 2.75) is 41.0 Å². The molecule has 0 aromatic heterocycles. The maximum Gasteiger partial charge on any atom is 0.0402 e. The Hall–Kier alpha value is 0.100. The Morgan fingerprint density at radius 3 is 1.32 bits per heavy atom. The van der Waals surface area contributed by atoms with Crippen molar-refractivity contribution in [3.05, 3.63) is 29.8 Å². The van der Waals surface area contributed by atoms with Gasteiger partial charge in [-0.05, 0) is 20.8 Å². The van der Waals surface area contributed by atoms with Gasteiger partial charge < -0.3 is 15.3 Å². The van der Waals surface area contributed by atoms with E-state index in [-0.39, 0.29) is 45.7 Å². The van der Waals surface area contributed by atoms with E-state index < -0.39 is 0 Å². The zero-order valence-electron chi connectivity index (χ0n) is 13.1. The van der Waals surface area contributed by atoms with Gasteiger partial charge in [0.05, 0.1) is 0 Å². The van der Waals surface area contributed by atoms with Crippen molar-refractivity contribution in [3.63, 3.8) is 0 Å². The van der Waals surface area contributed by atoms with E-state index in [0.717, 1.165) is 5.92 Å². The molecule has 4 heteroatoms. The molecule has 0 saturated heterocycles. The molecule has 0 aliphatic rings. The fourth-order valence-corrected chi connectivity index (χ4v) is 1.02. The van der Waals surface area contributed by atoms with E-state index in [4.69, 9.17) is 15.3 Å². The van der Waals surface area contributed by atoms with Crippen molar-refractivity contribution in [2.24, 2.45) is 5.92 Å². The fourth-order valence-electron chi connectivity index (χ4n) is 1.02. The van der Waals surface area contributed by atoms with E-state index >= 15 is 0 Å². The minimum absolute atomic E-state index is 0. The third-order valence-electron chi connectivity index (χ3n) is 1.38. The molecule has 0 aliphatic carbocycles. The van der Waals surface area contributed by atoms with E-state index in [1.807, 2.05) is 0 Å². The van der Waals surface area contributed by atoms with Crippen LogP contribution in [0.3, 0.4) is 0 Å². The predicted molar refractivity (Wildman–Crippen MR) is 78.9 cm³/mol. The third-order valence-corrected chi connectivity index (χ3v) is 1.38. The monoisotopic (exact) mass is 439 g/mol. The number of aliphatic hydroxyl groups excluding tert-OH is 3. The van der Waals surface area contributed by atoms with Crippen molar-refractivity contribution in [1.29, 1.82) is 0 Å². The molecule has 0 aliphatic heterocycles. The number of hydrogen-bond donors (Lipinski definition) is 3. The predicted octanol–water partition coefficient (Wildman–Crippen LogP) is 2.60. The molecule has 3 nitrogen and oxygen atoms in total. The summed E-state index contributed by atoms with van der Waals surface area (Å²) < 4.78 is 0. The van der Waals surface area contributed by atoms with Gasteiger partial charge in [0, 0.05) is 45.7 Å². The van der Waals surface area contributed by atoms with Gasteiger partial charge in [-0.15, -0.1) is 0 Å². The molecule has 1 aromatic rings. The molecule has 1 aromatic carbocycles. The molecule has 0 amide bonds. The average Bonchev–Trinajstić information content (AvgIpc) is 2.73. The van der Waals surface area contributed by atoms with Crippen LogP contribution in [-0.2, 0) is 32.3 Å². The number of hydrogen-bond acceptors (Lipinski definition) is 3. The Balaban J connectivity index is -0.0000000956. The Bertz CT molecular complexity index is 194. The molecule has 0 spiro atoms. The van der Waals surface area contributed by atoms with Gasteiger partial charge in [-0.3, -0.25) is 0 Å². The Labute approximate surface area is 137 Å². The second-order valence-electron chi connectivity index (χ2n) is 3.84. The number of aliphatic hydroxyl groups is 3. The molecule has 0 heterocycles. The van der Waals surface area contributed by atoms with Gasteiger partial charge in [0.2, 0.25) is 0 Å². The van der Waals surface area contributed by atoms with Gasteiger partial charge in [0.25, 0.3) is 0 Å². The number of rotatable bonds is 2. The summed E-state index contributed by atoms with van der Waals surface area (Å²) in [7, 11) is 0. The first-order chi connectivity index (χ1) is 8.53. The molecular formula is C15H31HfO3-. The molecular weight excluding hydrogens is 407 g/mol. The molecule has 0 bridgehead atoms. The van der Waals surface area contributed by atoms with Gasteiger partial charge in [0.1, 0.15) is 0 Å². The van der Waals surface area contributed by atoms with E-state index in [1.165, 1.54) is 12.0 Å². The summed E-state index contributed by atoms with van der Waals surface area (Å²) in [5.41, 5.74) is 1.46. The minimum atomic E-state index is 0. The van der Waals surface area contributed by atoms with E-state index in [1.54, 1.807) is 20.8 Å². The van der Waals surface area contributed by atoms with Crippen LogP contribution in [0.1, 0.15) is 40.2 Å². The van der Waals surface area contributed by atoms with E-state index in [9.17, 15) is 0 Å². The summed E-state index contributed by atoms with van der Waals surface area (Å²) in [5.74, 6) is 0.785. The molecule has 0 saturated carbocycles. The second-order valence-corrected chi connectivity index (χ2v) is 3.84. The van der Waals surface area contributed by atoms with Gasteiger partial charge in [-0.1, -0.05) is 26.2 Å². The van der Waals surface area contributed by atoms with Gasteiger partial charge >= 0.3 is 0 Å². The molecule has 3 N–H and O–H groups in total. The van der Waals surface area contributed by atoms with Crippen molar-refractivity contribution < 1.29 is 41.2 Å². The zero-order chi connectivity index (χ0) is 14.8. The van der Waals surface area contributed by atoms with Crippen molar-refractivity contribution in [1.82, 2.24) is 0 Å². The first-order valence-electron chi connectivity index (χ1n) is 6.56. The van der Waals surface area contributed by atoms with Crippen molar-refractivity contribution in [2.75, 3.05) is 19.8 Å². The first kappa shape index (κ1) is 27.4. The normalized spacial score (nSPS) is 7.84. The van der Waals surface area contributed by atoms with Gasteiger partial charge in [-0.2, -0.15) is 17.7 Å². The third kappa shape index (κ3) is 38.1. The summed E-state index contributed by atoms with van der Waals surface area (Å²) >= 11 is 0.